The van der Waals surface area contributed by atoms with Gasteiger partial charge in [-0.15, -0.1) is 0 Å². The Kier molecular flexibility index (Phi) is 6.18. The van der Waals surface area contributed by atoms with Crippen molar-refractivity contribution < 1.29 is 9.72 Å². The van der Waals surface area contributed by atoms with E-state index >= 15 is 0 Å². The number of amides is 1. The summed E-state index contributed by atoms with van der Waals surface area (Å²) >= 11 is 5.78. The Labute approximate surface area is 192 Å². The van der Waals surface area contributed by atoms with E-state index in [2.05, 4.69) is 15.4 Å². The number of hydrogen-bond donors (Lipinski definition) is 1. The lowest BCUT2D eigenvalue weighted by molar-refractivity contribution is -0.384. The number of nitrogens with one attached hydrogen (secondary N) is 1. The van der Waals surface area contributed by atoms with E-state index in [0.717, 1.165) is 17.2 Å². The highest BCUT2D eigenvalue weighted by Crippen LogP contribution is 2.25. The van der Waals surface area contributed by atoms with Gasteiger partial charge in [0.25, 0.3) is 17.2 Å². The van der Waals surface area contributed by atoms with E-state index < -0.39 is 10.8 Å². The van der Waals surface area contributed by atoms with Crippen LogP contribution in [-0.4, -0.2) is 36.7 Å². The third kappa shape index (κ3) is 4.75. The number of benzene rings is 2. The van der Waals surface area contributed by atoms with Gasteiger partial charge >= 0.3 is 0 Å². The molecule has 0 saturated heterocycles. The summed E-state index contributed by atoms with van der Waals surface area (Å²) in [6.07, 6.45) is 2.94. The van der Waals surface area contributed by atoms with Crippen molar-refractivity contribution in [3.63, 3.8) is 0 Å². The van der Waals surface area contributed by atoms with Gasteiger partial charge in [0.2, 0.25) is 0 Å². The third-order valence-corrected chi connectivity index (χ3v) is 5.39. The van der Waals surface area contributed by atoms with Gasteiger partial charge in [-0.2, -0.15) is 5.10 Å². The average Bonchev–Trinajstić information content (AvgIpc) is 3.19. The van der Waals surface area contributed by atoms with Crippen molar-refractivity contribution >= 4 is 34.2 Å². The van der Waals surface area contributed by atoms with E-state index in [4.69, 9.17) is 11.6 Å². The van der Waals surface area contributed by atoms with Gasteiger partial charge < -0.3 is 5.32 Å². The van der Waals surface area contributed by atoms with Gasteiger partial charge in [0, 0.05) is 18.2 Å². The molecule has 0 fully saturated rings. The number of carbonyl (C=O) groups is 1. The molecule has 0 spiro atoms. The molecular weight excluding hydrogens is 448 g/mol. The van der Waals surface area contributed by atoms with E-state index in [1.807, 2.05) is 31.2 Å². The number of nitrogens with zero attached hydrogens (tertiary/aromatic N) is 5. The Balaban J connectivity index is 1.45. The first kappa shape index (κ1) is 22.2. The van der Waals surface area contributed by atoms with Gasteiger partial charge in [0.15, 0.2) is 5.65 Å². The maximum Gasteiger partial charge on any atom is 0.288 e. The number of carbonyl (C=O) groups excluding carboxylic acids is 1. The molecule has 1 amide bonds. The Morgan fingerprint density at radius 3 is 2.82 bits per heavy atom. The number of aryl methyl sites for hydroxylation is 1. The number of rotatable bonds is 7. The molecule has 0 aliphatic heterocycles. The summed E-state index contributed by atoms with van der Waals surface area (Å²) in [5.74, 6) is -0.486. The summed E-state index contributed by atoms with van der Waals surface area (Å²) in [6.45, 7) is 2.84. The highest BCUT2D eigenvalue weighted by molar-refractivity contribution is 6.32. The first-order valence-electron chi connectivity index (χ1n) is 10.0. The predicted molar refractivity (Wildman–Crippen MR) is 123 cm³/mol. The molecule has 0 saturated carbocycles. The first-order chi connectivity index (χ1) is 15.8. The molecule has 33 heavy (non-hydrogen) atoms. The Bertz CT molecular complexity index is 1430. The minimum absolute atomic E-state index is 0.0429. The minimum atomic E-state index is -0.646. The van der Waals surface area contributed by atoms with Crippen LogP contribution in [0.15, 0.2) is 59.8 Å². The van der Waals surface area contributed by atoms with Crippen LogP contribution in [0.5, 0.6) is 0 Å². The second-order valence-corrected chi connectivity index (χ2v) is 7.86. The number of nitro benzene ring substituents is 1. The van der Waals surface area contributed by atoms with Crippen LogP contribution in [0.2, 0.25) is 5.02 Å². The summed E-state index contributed by atoms with van der Waals surface area (Å²) in [4.78, 5) is 39.9. The number of aromatic nitrogens is 4. The summed E-state index contributed by atoms with van der Waals surface area (Å²) in [5.41, 5.74) is 2.10. The highest BCUT2D eigenvalue weighted by Gasteiger charge is 2.16. The van der Waals surface area contributed by atoms with Gasteiger partial charge in [0.05, 0.1) is 24.2 Å². The average molecular weight is 467 g/mol. The SMILES string of the molecule is Cc1cccc(Cn2cnc3c(cnn3CCNC(=O)c3ccc(Cl)c([N+](=O)[O-])c3)c2=O)c1. The van der Waals surface area contributed by atoms with Gasteiger partial charge in [-0.1, -0.05) is 41.4 Å². The lowest BCUT2D eigenvalue weighted by Gasteiger charge is -2.08. The van der Waals surface area contributed by atoms with Crippen LogP contribution in [0.3, 0.4) is 0 Å². The lowest BCUT2D eigenvalue weighted by atomic mass is 10.1. The molecule has 4 rings (SSSR count). The third-order valence-electron chi connectivity index (χ3n) is 5.07. The summed E-state index contributed by atoms with van der Waals surface area (Å²) in [7, 11) is 0. The Morgan fingerprint density at radius 2 is 2.06 bits per heavy atom. The second kappa shape index (κ2) is 9.21. The van der Waals surface area contributed by atoms with E-state index in [9.17, 15) is 19.7 Å². The topological polar surface area (TPSA) is 125 Å². The van der Waals surface area contributed by atoms with Crippen LogP contribution in [-0.2, 0) is 13.1 Å². The summed E-state index contributed by atoms with van der Waals surface area (Å²) in [6, 6.07) is 11.7. The molecule has 11 heteroatoms. The largest absolute Gasteiger partial charge is 0.350 e. The number of halogens is 1. The van der Waals surface area contributed by atoms with Gasteiger partial charge in [-0.3, -0.25) is 24.3 Å². The molecule has 0 bridgehead atoms. The van der Waals surface area contributed by atoms with Crippen molar-refractivity contribution in [1.82, 2.24) is 24.6 Å². The minimum Gasteiger partial charge on any atom is -0.350 e. The molecule has 0 atom stereocenters. The quantitative estimate of drug-likeness (QED) is 0.330. The summed E-state index contributed by atoms with van der Waals surface area (Å²) in [5, 5.41) is 18.2. The molecular formula is C22H19ClN6O4. The van der Waals surface area contributed by atoms with Crippen molar-refractivity contribution in [2.24, 2.45) is 0 Å². The van der Waals surface area contributed by atoms with Gasteiger partial charge in [0.1, 0.15) is 16.7 Å². The molecule has 2 aromatic carbocycles. The molecule has 2 heterocycles. The fraction of sp³-hybridized carbons (Fsp3) is 0.182. The molecule has 0 unspecified atom stereocenters. The lowest BCUT2D eigenvalue weighted by Crippen LogP contribution is -2.28. The standard InChI is InChI=1S/C22H19ClN6O4/c1-14-3-2-4-15(9-14)12-27-13-25-20-17(22(27)31)11-26-28(20)8-7-24-21(30)16-5-6-18(23)19(10-16)29(32)33/h2-6,9-11,13H,7-8,12H2,1H3,(H,24,30). The molecule has 0 radical (unpaired) electrons. The van der Waals surface area contributed by atoms with Crippen molar-refractivity contribution in [3.8, 4) is 0 Å². The zero-order valence-corrected chi connectivity index (χ0v) is 18.3. The van der Waals surface area contributed by atoms with Crippen LogP contribution < -0.4 is 10.9 Å². The molecule has 2 aromatic heterocycles. The van der Waals surface area contributed by atoms with Crippen molar-refractivity contribution in [3.05, 3.63) is 97.2 Å². The Hall–Kier alpha value is -4.05. The zero-order chi connectivity index (χ0) is 23.5. The van der Waals surface area contributed by atoms with Crippen molar-refractivity contribution in [2.45, 2.75) is 20.0 Å². The van der Waals surface area contributed by atoms with Crippen LogP contribution in [0.1, 0.15) is 21.5 Å². The number of fused-ring (bicyclic) bond motifs is 1. The number of hydrogen-bond acceptors (Lipinski definition) is 6. The van der Waals surface area contributed by atoms with E-state index in [1.54, 1.807) is 0 Å². The highest BCUT2D eigenvalue weighted by atomic mass is 35.5. The van der Waals surface area contributed by atoms with E-state index in [0.29, 0.717) is 17.6 Å². The van der Waals surface area contributed by atoms with Gasteiger partial charge in [-0.25, -0.2) is 9.67 Å². The normalized spacial score (nSPS) is 11.0. The van der Waals surface area contributed by atoms with Gasteiger partial charge in [-0.05, 0) is 24.6 Å². The van der Waals surface area contributed by atoms with E-state index in [-0.39, 0.29) is 34.9 Å². The molecule has 0 aliphatic carbocycles. The summed E-state index contributed by atoms with van der Waals surface area (Å²) < 4.78 is 3.05. The fourth-order valence-electron chi connectivity index (χ4n) is 3.45. The van der Waals surface area contributed by atoms with Crippen LogP contribution in [0.25, 0.3) is 11.0 Å². The Morgan fingerprint density at radius 1 is 1.24 bits per heavy atom. The van der Waals surface area contributed by atoms with Crippen LogP contribution in [0, 0.1) is 17.0 Å². The smallest absolute Gasteiger partial charge is 0.288 e. The zero-order valence-electron chi connectivity index (χ0n) is 17.6. The van der Waals surface area contributed by atoms with Crippen molar-refractivity contribution in [2.75, 3.05) is 6.54 Å². The molecule has 10 nitrogen and oxygen atoms in total. The molecule has 4 aromatic rings. The van der Waals surface area contributed by atoms with Crippen molar-refractivity contribution in [1.29, 1.82) is 0 Å². The first-order valence-corrected chi connectivity index (χ1v) is 10.4. The fourth-order valence-corrected chi connectivity index (χ4v) is 3.64. The van der Waals surface area contributed by atoms with Crippen LogP contribution in [0.4, 0.5) is 5.69 Å². The maximum absolute atomic E-state index is 12.8. The number of nitro groups is 1. The molecule has 168 valence electrons. The molecule has 0 aliphatic rings. The predicted octanol–water partition coefficient (Wildman–Crippen LogP) is 2.94. The maximum atomic E-state index is 12.8. The monoisotopic (exact) mass is 466 g/mol. The van der Waals surface area contributed by atoms with Crippen LogP contribution >= 0.6 is 11.6 Å². The van der Waals surface area contributed by atoms with E-state index in [1.165, 1.54) is 33.9 Å². The molecule has 1 N–H and O–H groups in total. The second-order valence-electron chi connectivity index (χ2n) is 7.45.